The molecule has 3 unspecified atom stereocenters. The monoisotopic (exact) mass is 239 g/mol. The Morgan fingerprint density at radius 3 is 2.71 bits per heavy atom. The van der Waals surface area contributed by atoms with Gasteiger partial charge in [-0.2, -0.15) is 0 Å². The molecule has 2 fully saturated rings. The number of hydrogen-bond donors (Lipinski definition) is 1. The van der Waals surface area contributed by atoms with Gasteiger partial charge >= 0.3 is 0 Å². The lowest BCUT2D eigenvalue weighted by Crippen LogP contribution is -2.49. The largest absolute Gasteiger partial charge is 0.347 e. The zero-order chi connectivity index (χ0) is 12.4. The molecule has 2 rings (SSSR count). The molecular weight excluding hydrogens is 214 g/mol. The molecule has 17 heavy (non-hydrogen) atoms. The van der Waals surface area contributed by atoms with Gasteiger partial charge in [0, 0.05) is 20.1 Å². The van der Waals surface area contributed by atoms with Crippen molar-refractivity contribution in [2.75, 3.05) is 27.2 Å². The molecule has 2 N–H and O–H groups in total. The van der Waals surface area contributed by atoms with Crippen LogP contribution in [-0.2, 0) is 4.79 Å². The molecular formula is C13H25N3O. The maximum absolute atomic E-state index is 12.2. The van der Waals surface area contributed by atoms with Gasteiger partial charge in [0.25, 0.3) is 0 Å². The Balaban J connectivity index is 2.06. The summed E-state index contributed by atoms with van der Waals surface area (Å²) in [5.41, 5.74) is 5.85. The molecule has 1 amide bonds. The van der Waals surface area contributed by atoms with Crippen LogP contribution in [0.2, 0.25) is 0 Å². The summed E-state index contributed by atoms with van der Waals surface area (Å²) in [5, 5.41) is 0. The molecule has 2 aliphatic rings. The third kappa shape index (κ3) is 2.47. The number of nitrogens with zero attached hydrogens (tertiary/aromatic N) is 2. The molecule has 98 valence electrons. The van der Waals surface area contributed by atoms with Crippen LogP contribution in [0, 0.1) is 5.92 Å². The van der Waals surface area contributed by atoms with Crippen LogP contribution < -0.4 is 5.73 Å². The third-order valence-electron chi connectivity index (χ3n) is 4.37. The molecule has 0 aromatic rings. The lowest BCUT2D eigenvalue weighted by molar-refractivity contribution is -0.134. The number of rotatable bonds is 3. The predicted molar refractivity (Wildman–Crippen MR) is 68.6 cm³/mol. The summed E-state index contributed by atoms with van der Waals surface area (Å²) in [6, 6.07) is 0.665. The first-order valence-electron chi connectivity index (χ1n) is 6.82. The molecule has 0 bridgehead atoms. The van der Waals surface area contributed by atoms with E-state index in [2.05, 4.69) is 4.90 Å². The Labute approximate surface area is 104 Å². The topological polar surface area (TPSA) is 49.6 Å². The Morgan fingerprint density at radius 2 is 2.06 bits per heavy atom. The van der Waals surface area contributed by atoms with Crippen LogP contribution in [0.3, 0.4) is 0 Å². The Hall–Kier alpha value is -0.610. The fraction of sp³-hybridized carbons (Fsp3) is 0.923. The van der Waals surface area contributed by atoms with Crippen molar-refractivity contribution in [1.82, 2.24) is 9.80 Å². The van der Waals surface area contributed by atoms with Gasteiger partial charge in [-0.3, -0.25) is 9.69 Å². The highest BCUT2D eigenvalue weighted by atomic mass is 16.2. The highest BCUT2D eigenvalue weighted by Crippen LogP contribution is 2.34. The van der Waals surface area contributed by atoms with Gasteiger partial charge in [0.2, 0.25) is 5.91 Å². The van der Waals surface area contributed by atoms with Crippen molar-refractivity contribution in [2.24, 2.45) is 11.7 Å². The summed E-state index contributed by atoms with van der Waals surface area (Å²) in [6.45, 7) is 1.84. The highest BCUT2D eigenvalue weighted by Gasteiger charge is 2.40. The minimum absolute atomic E-state index is 0.113. The molecule has 4 nitrogen and oxygen atoms in total. The second-order valence-electron chi connectivity index (χ2n) is 5.62. The molecule has 0 spiro atoms. The van der Waals surface area contributed by atoms with Crippen molar-refractivity contribution in [3.63, 3.8) is 0 Å². The second kappa shape index (κ2) is 5.36. The number of hydrogen-bond acceptors (Lipinski definition) is 3. The zero-order valence-electron chi connectivity index (χ0n) is 11.1. The van der Waals surface area contributed by atoms with Gasteiger partial charge in [-0.15, -0.1) is 0 Å². The quantitative estimate of drug-likeness (QED) is 0.787. The molecule has 1 aliphatic heterocycles. The SMILES string of the molecule is CN(C)C(=O)C1CCCN1C1CCCC1CN. The van der Waals surface area contributed by atoms with E-state index in [1.165, 1.54) is 19.3 Å². The third-order valence-corrected chi connectivity index (χ3v) is 4.37. The van der Waals surface area contributed by atoms with Crippen LogP contribution in [0.15, 0.2) is 0 Å². The van der Waals surface area contributed by atoms with Crippen LogP contribution in [-0.4, -0.2) is 55.0 Å². The van der Waals surface area contributed by atoms with Crippen molar-refractivity contribution in [3.05, 3.63) is 0 Å². The highest BCUT2D eigenvalue weighted by molar-refractivity contribution is 5.81. The molecule has 0 aromatic heterocycles. The van der Waals surface area contributed by atoms with E-state index in [4.69, 9.17) is 5.73 Å². The molecule has 0 radical (unpaired) electrons. The summed E-state index contributed by atoms with van der Waals surface area (Å²) in [4.78, 5) is 16.3. The van der Waals surface area contributed by atoms with Crippen molar-refractivity contribution in [1.29, 1.82) is 0 Å². The molecule has 0 aromatic carbocycles. The fourth-order valence-electron chi connectivity index (χ4n) is 3.48. The molecule has 4 heteroatoms. The number of carbonyl (C=O) groups is 1. The Bertz CT molecular complexity index is 280. The van der Waals surface area contributed by atoms with Crippen LogP contribution in [0.25, 0.3) is 0 Å². The number of nitrogens with two attached hydrogens (primary N) is 1. The second-order valence-corrected chi connectivity index (χ2v) is 5.62. The minimum Gasteiger partial charge on any atom is -0.347 e. The van der Waals surface area contributed by atoms with Crippen molar-refractivity contribution in [3.8, 4) is 0 Å². The molecule has 1 saturated carbocycles. The van der Waals surface area contributed by atoms with Crippen molar-refractivity contribution < 1.29 is 4.79 Å². The summed E-state index contributed by atoms with van der Waals surface area (Å²) in [6.07, 6.45) is 5.90. The zero-order valence-corrected chi connectivity index (χ0v) is 11.1. The number of likely N-dealkylation sites (tertiary alicyclic amines) is 1. The van der Waals surface area contributed by atoms with E-state index >= 15 is 0 Å². The van der Waals surface area contributed by atoms with Crippen molar-refractivity contribution in [2.45, 2.75) is 44.2 Å². The van der Waals surface area contributed by atoms with E-state index in [1.54, 1.807) is 4.90 Å². The van der Waals surface area contributed by atoms with E-state index in [-0.39, 0.29) is 11.9 Å². The van der Waals surface area contributed by atoms with E-state index in [9.17, 15) is 4.79 Å². The lowest BCUT2D eigenvalue weighted by atomic mass is 10.0. The van der Waals surface area contributed by atoms with Crippen molar-refractivity contribution >= 4 is 5.91 Å². The van der Waals surface area contributed by atoms with Gasteiger partial charge < -0.3 is 10.6 Å². The summed E-state index contributed by atoms with van der Waals surface area (Å²) >= 11 is 0. The predicted octanol–water partition coefficient (Wildman–Crippen LogP) is 0.666. The van der Waals surface area contributed by atoms with E-state index in [0.717, 1.165) is 25.9 Å². The van der Waals surface area contributed by atoms with E-state index < -0.39 is 0 Å². The molecule has 3 atom stereocenters. The average Bonchev–Trinajstić information content (AvgIpc) is 2.95. The maximum Gasteiger partial charge on any atom is 0.239 e. The summed E-state index contributed by atoms with van der Waals surface area (Å²) in [5.74, 6) is 0.871. The minimum atomic E-state index is 0.113. The van der Waals surface area contributed by atoms with Crippen LogP contribution in [0.4, 0.5) is 0 Å². The average molecular weight is 239 g/mol. The number of amides is 1. The molecule has 1 aliphatic carbocycles. The van der Waals surface area contributed by atoms with Gasteiger partial charge in [0.15, 0.2) is 0 Å². The van der Waals surface area contributed by atoms with Crippen LogP contribution in [0.5, 0.6) is 0 Å². The standard InChI is InChI=1S/C13H25N3O/c1-15(2)13(17)12-7-4-8-16(12)11-6-3-5-10(11)9-14/h10-12H,3-9,14H2,1-2H3. The first kappa shape index (κ1) is 12.8. The van der Waals surface area contributed by atoms with Gasteiger partial charge in [-0.1, -0.05) is 6.42 Å². The van der Waals surface area contributed by atoms with Crippen LogP contribution in [0.1, 0.15) is 32.1 Å². The fourth-order valence-corrected chi connectivity index (χ4v) is 3.48. The van der Waals surface area contributed by atoms with Gasteiger partial charge in [0.1, 0.15) is 0 Å². The lowest BCUT2D eigenvalue weighted by Gasteiger charge is -2.34. The van der Waals surface area contributed by atoms with Gasteiger partial charge in [-0.25, -0.2) is 0 Å². The van der Waals surface area contributed by atoms with E-state index in [1.807, 2.05) is 14.1 Å². The normalized spacial score (nSPS) is 34.2. The molecule has 1 heterocycles. The first-order valence-corrected chi connectivity index (χ1v) is 6.82. The summed E-state index contributed by atoms with van der Waals surface area (Å²) in [7, 11) is 3.71. The number of likely N-dealkylation sites (N-methyl/N-ethyl adjacent to an activating group) is 1. The van der Waals surface area contributed by atoms with Crippen LogP contribution >= 0.6 is 0 Å². The Kier molecular flexibility index (Phi) is 4.05. The maximum atomic E-state index is 12.2. The Morgan fingerprint density at radius 1 is 1.29 bits per heavy atom. The smallest absolute Gasteiger partial charge is 0.239 e. The van der Waals surface area contributed by atoms with E-state index in [0.29, 0.717) is 12.0 Å². The first-order chi connectivity index (χ1) is 8.15. The van der Waals surface area contributed by atoms with Gasteiger partial charge in [-0.05, 0) is 44.7 Å². The summed E-state index contributed by atoms with van der Waals surface area (Å²) < 4.78 is 0. The molecule has 1 saturated heterocycles. The van der Waals surface area contributed by atoms with Gasteiger partial charge in [0.05, 0.1) is 6.04 Å². The number of carbonyl (C=O) groups excluding carboxylic acids is 1.